The summed E-state index contributed by atoms with van der Waals surface area (Å²) >= 11 is 0. The second-order valence-electron chi connectivity index (χ2n) is 4.63. The van der Waals surface area contributed by atoms with Crippen molar-refractivity contribution in [2.45, 2.75) is 26.9 Å². The Labute approximate surface area is 118 Å². The van der Waals surface area contributed by atoms with Crippen LogP contribution in [0.1, 0.15) is 34.8 Å². The summed E-state index contributed by atoms with van der Waals surface area (Å²) in [6.45, 7) is 3.98. The predicted molar refractivity (Wildman–Crippen MR) is 76.5 cm³/mol. The Hall–Kier alpha value is -2.16. The first-order chi connectivity index (χ1) is 9.61. The fraction of sp³-hybridized carbons (Fsp3) is 0.235. The van der Waals surface area contributed by atoms with Gasteiger partial charge in [-0.3, -0.25) is 4.79 Å². The van der Waals surface area contributed by atoms with Crippen LogP contribution in [0.2, 0.25) is 0 Å². The van der Waals surface area contributed by atoms with Gasteiger partial charge in [-0.1, -0.05) is 25.1 Å². The summed E-state index contributed by atoms with van der Waals surface area (Å²) in [4.78, 5) is 11.8. The maximum Gasteiger partial charge on any atom is 0.166 e. The fourth-order valence-corrected chi connectivity index (χ4v) is 1.99. The lowest BCUT2D eigenvalue weighted by Gasteiger charge is -2.11. The maximum atomic E-state index is 13.0. The van der Waals surface area contributed by atoms with E-state index >= 15 is 0 Å². The predicted octanol–water partition coefficient (Wildman–Crippen LogP) is 4.31. The lowest BCUT2D eigenvalue weighted by atomic mass is 10.1. The van der Waals surface area contributed by atoms with E-state index in [2.05, 4.69) is 0 Å². The molecular formula is C17H17FO2. The Morgan fingerprint density at radius 3 is 2.65 bits per heavy atom. The van der Waals surface area contributed by atoms with Gasteiger partial charge in [-0.15, -0.1) is 0 Å². The second kappa shape index (κ2) is 6.33. The number of benzene rings is 2. The highest BCUT2D eigenvalue weighted by Crippen LogP contribution is 2.21. The zero-order valence-electron chi connectivity index (χ0n) is 11.7. The van der Waals surface area contributed by atoms with E-state index in [4.69, 9.17) is 4.74 Å². The van der Waals surface area contributed by atoms with Gasteiger partial charge in [0.25, 0.3) is 0 Å². The average molecular weight is 272 g/mol. The third kappa shape index (κ3) is 3.23. The molecule has 0 aliphatic rings. The number of rotatable bonds is 5. The number of hydrogen-bond acceptors (Lipinski definition) is 2. The third-order valence-electron chi connectivity index (χ3n) is 3.20. The molecule has 0 N–H and O–H groups in total. The van der Waals surface area contributed by atoms with Gasteiger partial charge in [0, 0.05) is 6.42 Å². The van der Waals surface area contributed by atoms with Crippen LogP contribution in [0.3, 0.4) is 0 Å². The van der Waals surface area contributed by atoms with Crippen molar-refractivity contribution in [3.8, 4) is 5.75 Å². The Morgan fingerprint density at radius 1 is 1.20 bits per heavy atom. The van der Waals surface area contributed by atoms with Crippen molar-refractivity contribution in [2.75, 3.05) is 0 Å². The molecule has 104 valence electrons. The lowest BCUT2D eigenvalue weighted by molar-refractivity contribution is 0.0983. The van der Waals surface area contributed by atoms with E-state index in [1.807, 2.05) is 26.0 Å². The summed E-state index contributed by atoms with van der Waals surface area (Å²) in [6.07, 6.45) is 0.440. The monoisotopic (exact) mass is 272 g/mol. The minimum atomic E-state index is -0.257. The molecule has 2 aromatic rings. The number of aryl methyl sites for hydroxylation is 1. The van der Waals surface area contributed by atoms with Crippen molar-refractivity contribution in [1.29, 1.82) is 0 Å². The Morgan fingerprint density at radius 2 is 1.95 bits per heavy atom. The molecule has 2 aromatic carbocycles. The molecule has 0 unspecified atom stereocenters. The van der Waals surface area contributed by atoms with E-state index in [0.717, 1.165) is 11.1 Å². The molecule has 0 saturated heterocycles. The van der Waals surface area contributed by atoms with Crippen LogP contribution in [-0.2, 0) is 6.61 Å². The molecule has 2 nitrogen and oxygen atoms in total. The molecule has 0 fully saturated rings. The SMILES string of the molecule is CCC(=O)c1ccccc1OCc1ccc(F)cc1C. The van der Waals surface area contributed by atoms with E-state index in [0.29, 0.717) is 24.3 Å². The van der Waals surface area contributed by atoms with Crippen LogP contribution >= 0.6 is 0 Å². The van der Waals surface area contributed by atoms with Crippen LogP contribution in [-0.4, -0.2) is 5.78 Å². The van der Waals surface area contributed by atoms with Gasteiger partial charge in [0.1, 0.15) is 18.2 Å². The topological polar surface area (TPSA) is 26.3 Å². The zero-order valence-corrected chi connectivity index (χ0v) is 11.7. The van der Waals surface area contributed by atoms with Crippen LogP contribution in [0.15, 0.2) is 42.5 Å². The number of para-hydroxylation sites is 1. The number of ether oxygens (including phenoxy) is 1. The van der Waals surface area contributed by atoms with Crippen LogP contribution < -0.4 is 4.74 Å². The summed E-state index contributed by atoms with van der Waals surface area (Å²) in [5.74, 6) is 0.368. The number of Topliss-reactive ketones (excluding diaryl/α,β-unsaturated/α-hetero) is 1. The molecule has 0 aliphatic carbocycles. The van der Waals surface area contributed by atoms with Crippen molar-refractivity contribution in [1.82, 2.24) is 0 Å². The van der Waals surface area contributed by atoms with E-state index in [9.17, 15) is 9.18 Å². The van der Waals surface area contributed by atoms with Crippen molar-refractivity contribution >= 4 is 5.78 Å². The first-order valence-electron chi connectivity index (χ1n) is 6.62. The van der Waals surface area contributed by atoms with Gasteiger partial charge in [0.15, 0.2) is 5.78 Å². The van der Waals surface area contributed by atoms with Crippen LogP contribution in [0, 0.1) is 12.7 Å². The smallest absolute Gasteiger partial charge is 0.166 e. The van der Waals surface area contributed by atoms with Crippen LogP contribution in [0.25, 0.3) is 0 Å². The molecule has 0 atom stereocenters. The molecule has 0 heterocycles. The highest BCUT2D eigenvalue weighted by Gasteiger charge is 2.10. The van der Waals surface area contributed by atoms with Crippen molar-refractivity contribution < 1.29 is 13.9 Å². The summed E-state index contributed by atoms with van der Waals surface area (Å²) in [5.41, 5.74) is 2.34. The summed E-state index contributed by atoms with van der Waals surface area (Å²) in [5, 5.41) is 0. The van der Waals surface area contributed by atoms with Crippen molar-refractivity contribution in [3.63, 3.8) is 0 Å². The molecular weight excluding hydrogens is 255 g/mol. The van der Waals surface area contributed by atoms with Crippen molar-refractivity contribution in [3.05, 3.63) is 65.0 Å². The quantitative estimate of drug-likeness (QED) is 0.758. The molecule has 0 spiro atoms. The Bertz CT molecular complexity index is 620. The minimum absolute atomic E-state index is 0.0522. The molecule has 0 aromatic heterocycles. The lowest BCUT2D eigenvalue weighted by Crippen LogP contribution is -2.04. The molecule has 0 radical (unpaired) electrons. The summed E-state index contributed by atoms with van der Waals surface area (Å²) < 4.78 is 18.8. The second-order valence-corrected chi connectivity index (χ2v) is 4.63. The molecule has 0 amide bonds. The molecule has 20 heavy (non-hydrogen) atoms. The van der Waals surface area contributed by atoms with Gasteiger partial charge in [-0.25, -0.2) is 4.39 Å². The number of carbonyl (C=O) groups excluding carboxylic acids is 1. The molecule has 2 rings (SSSR count). The van der Waals surface area contributed by atoms with Crippen LogP contribution in [0.5, 0.6) is 5.75 Å². The van der Waals surface area contributed by atoms with E-state index < -0.39 is 0 Å². The Kier molecular flexibility index (Phi) is 4.51. The van der Waals surface area contributed by atoms with Crippen LogP contribution in [0.4, 0.5) is 4.39 Å². The van der Waals surface area contributed by atoms with Gasteiger partial charge in [0.05, 0.1) is 5.56 Å². The first kappa shape index (κ1) is 14.3. The third-order valence-corrected chi connectivity index (χ3v) is 3.20. The standard InChI is InChI=1S/C17H17FO2/c1-3-16(19)15-6-4-5-7-17(15)20-11-13-8-9-14(18)10-12(13)2/h4-10H,3,11H2,1-2H3. The first-order valence-corrected chi connectivity index (χ1v) is 6.62. The van der Waals surface area contributed by atoms with E-state index in [1.165, 1.54) is 12.1 Å². The fourth-order valence-electron chi connectivity index (χ4n) is 1.99. The van der Waals surface area contributed by atoms with Gasteiger partial charge < -0.3 is 4.74 Å². The number of hydrogen-bond donors (Lipinski definition) is 0. The number of halogens is 1. The molecule has 0 saturated carbocycles. The van der Waals surface area contributed by atoms with Gasteiger partial charge in [0.2, 0.25) is 0 Å². The Balaban J connectivity index is 2.17. The van der Waals surface area contributed by atoms with Crippen molar-refractivity contribution in [2.24, 2.45) is 0 Å². The zero-order chi connectivity index (χ0) is 14.5. The van der Waals surface area contributed by atoms with E-state index in [-0.39, 0.29) is 11.6 Å². The highest BCUT2D eigenvalue weighted by atomic mass is 19.1. The highest BCUT2D eigenvalue weighted by molar-refractivity contribution is 5.98. The van der Waals surface area contributed by atoms with Gasteiger partial charge >= 0.3 is 0 Å². The molecule has 0 aliphatic heterocycles. The number of ketones is 1. The molecule has 3 heteroatoms. The maximum absolute atomic E-state index is 13.0. The van der Waals surface area contributed by atoms with Gasteiger partial charge in [-0.05, 0) is 42.3 Å². The molecule has 0 bridgehead atoms. The summed E-state index contributed by atoms with van der Waals surface area (Å²) in [6, 6.07) is 11.8. The normalized spacial score (nSPS) is 10.3. The van der Waals surface area contributed by atoms with Gasteiger partial charge in [-0.2, -0.15) is 0 Å². The minimum Gasteiger partial charge on any atom is -0.488 e. The average Bonchev–Trinajstić information content (AvgIpc) is 2.46. The summed E-state index contributed by atoms with van der Waals surface area (Å²) in [7, 11) is 0. The number of carbonyl (C=O) groups is 1. The largest absolute Gasteiger partial charge is 0.488 e. The van der Waals surface area contributed by atoms with E-state index in [1.54, 1.807) is 18.2 Å².